The standard InChI is InChI=1S/C19H19N3O2/c1-14-11-22-9-4-7-17(19(22)20-14)24-13-18(23)21-10-8-15-5-2-3-6-16(15)12-21/h2-7,9,11H,8,10,12-13H2,1H3. The van der Waals surface area contributed by atoms with Crippen LogP contribution < -0.4 is 4.74 Å². The van der Waals surface area contributed by atoms with E-state index in [1.54, 1.807) is 0 Å². The summed E-state index contributed by atoms with van der Waals surface area (Å²) in [6.45, 7) is 3.37. The molecule has 3 heterocycles. The number of benzene rings is 1. The largest absolute Gasteiger partial charge is 0.480 e. The molecule has 0 saturated carbocycles. The monoisotopic (exact) mass is 321 g/mol. The fourth-order valence-electron chi connectivity index (χ4n) is 3.16. The zero-order valence-corrected chi connectivity index (χ0v) is 13.6. The summed E-state index contributed by atoms with van der Waals surface area (Å²) in [4.78, 5) is 18.8. The molecule has 5 nitrogen and oxygen atoms in total. The van der Waals surface area contributed by atoms with E-state index in [1.807, 2.05) is 52.9 Å². The minimum Gasteiger partial charge on any atom is -0.480 e. The van der Waals surface area contributed by atoms with Gasteiger partial charge in [-0.25, -0.2) is 4.98 Å². The van der Waals surface area contributed by atoms with E-state index in [4.69, 9.17) is 4.74 Å². The lowest BCUT2D eigenvalue weighted by Gasteiger charge is -2.28. The summed E-state index contributed by atoms with van der Waals surface area (Å²) in [6, 6.07) is 12.0. The number of hydrogen-bond acceptors (Lipinski definition) is 3. The van der Waals surface area contributed by atoms with Gasteiger partial charge in [-0.1, -0.05) is 24.3 Å². The molecule has 0 spiro atoms. The summed E-state index contributed by atoms with van der Waals surface area (Å²) in [5.74, 6) is 0.645. The number of fused-ring (bicyclic) bond motifs is 2. The molecule has 1 aliphatic rings. The van der Waals surface area contributed by atoms with Crippen LogP contribution in [-0.2, 0) is 17.8 Å². The van der Waals surface area contributed by atoms with Gasteiger partial charge in [0.2, 0.25) is 0 Å². The fourth-order valence-corrected chi connectivity index (χ4v) is 3.16. The Bertz CT molecular complexity index is 901. The number of rotatable bonds is 3. The van der Waals surface area contributed by atoms with Crippen LogP contribution in [0.25, 0.3) is 5.65 Å². The van der Waals surface area contributed by atoms with Gasteiger partial charge in [0.15, 0.2) is 18.0 Å². The Hall–Kier alpha value is -2.82. The van der Waals surface area contributed by atoms with Crippen molar-refractivity contribution < 1.29 is 9.53 Å². The van der Waals surface area contributed by atoms with E-state index >= 15 is 0 Å². The normalized spacial score (nSPS) is 13.8. The smallest absolute Gasteiger partial charge is 0.260 e. The molecule has 3 aromatic rings. The fraction of sp³-hybridized carbons (Fsp3) is 0.263. The van der Waals surface area contributed by atoms with Crippen LogP contribution in [0.5, 0.6) is 5.75 Å². The number of carbonyl (C=O) groups is 1. The van der Waals surface area contributed by atoms with Crippen molar-refractivity contribution in [1.29, 1.82) is 0 Å². The number of amides is 1. The van der Waals surface area contributed by atoms with Crippen LogP contribution in [0.2, 0.25) is 0 Å². The van der Waals surface area contributed by atoms with Gasteiger partial charge < -0.3 is 14.0 Å². The van der Waals surface area contributed by atoms with Crippen molar-refractivity contribution in [2.24, 2.45) is 0 Å². The molecule has 2 aromatic heterocycles. The minimum atomic E-state index is 0.00906. The molecular formula is C19H19N3O2. The number of aryl methyl sites for hydroxylation is 1. The van der Waals surface area contributed by atoms with Crippen molar-refractivity contribution in [2.75, 3.05) is 13.2 Å². The Morgan fingerprint density at radius 1 is 1.21 bits per heavy atom. The lowest BCUT2D eigenvalue weighted by atomic mass is 10.00. The Morgan fingerprint density at radius 2 is 2.04 bits per heavy atom. The van der Waals surface area contributed by atoms with E-state index in [0.717, 1.165) is 24.3 Å². The lowest BCUT2D eigenvalue weighted by molar-refractivity contribution is -0.134. The maximum absolute atomic E-state index is 12.5. The summed E-state index contributed by atoms with van der Waals surface area (Å²) in [5, 5.41) is 0. The third-order valence-corrected chi connectivity index (χ3v) is 4.40. The van der Waals surface area contributed by atoms with Gasteiger partial charge in [0.25, 0.3) is 5.91 Å². The predicted molar refractivity (Wildman–Crippen MR) is 91.0 cm³/mol. The van der Waals surface area contributed by atoms with E-state index in [9.17, 15) is 4.79 Å². The first-order chi connectivity index (χ1) is 11.7. The molecule has 0 bridgehead atoms. The molecule has 1 aliphatic heterocycles. The van der Waals surface area contributed by atoms with Crippen molar-refractivity contribution in [3.8, 4) is 5.75 Å². The molecule has 0 aliphatic carbocycles. The average Bonchev–Trinajstić information content (AvgIpc) is 3.00. The highest BCUT2D eigenvalue weighted by atomic mass is 16.5. The second-order valence-corrected chi connectivity index (χ2v) is 6.11. The summed E-state index contributed by atoms with van der Waals surface area (Å²) in [5.41, 5.74) is 4.22. The second kappa shape index (κ2) is 6.00. The maximum atomic E-state index is 12.5. The van der Waals surface area contributed by atoms with Gasteiger partial charge in [0.05, 0.1) is 5.69 Å². The summed E-state index contributed by atoms with van der Waals surface area (Å²) in [7, 11) is 0. The van der Waals surface area contributed by atoms with E-state index in [1.165, 1.54) is 11.1 Å². The van der Waals surface area contributed by atoms with Crippen LogP contribution in [-0.4, -0.2) is 33.3 Å². The Morgan fingerprint density at radius 3 is 2.92 bits per heavy atom. The molecule has 4 rings (SSSR count). The molecular weight excluding hydrogens is 302 g/mol. The Kier molecular flexibility index (Phi) is 3.69. The highest BCUT2D eigenvalue weighted by Crippen LogP contribution is 2.21. The molecule has 5 heteroatoms. The molecule has 0 radical (unpaired) electrons. The third kappa shape index (κ3) is 2.73. The zero-order valence-electron chi connectivity index (χ0n) is 13.6. The van der Waals surface area contributed by atoms with Crippen LogP contribution in [0.4, 0.5) is 0 Å². The molecule has 0 saturated heterocycles. The summed E-state index contributed by atoms with van der Waals surface area (Å²) < 4.78 is 7.67. The Balaban J connectivity index is 1.45. The van der Waals surface area contributed by atoms with Gasteiger partial charge in [0, 0.05) is 25.5 Å². The molecule has 0 atom stereocenters. The minimum absolute atomic E-state index is 0.00906. The van der Waals surface area contributed by atoms with Crippen molar-refractivity contribution in [3.05, 3.63) is 65.6 Å². The number of ether oxygens (including phenoxy) is 1. The van der Waals surface area contributed by atoms with Crippen LogP contribution in [0.1, 0.15) is 16.8 Å². The van der Waals surface area contributed by atoms with E-state index in [-0.39, 0.29) is 12.5 Å². The van der Waals surface area contributed by atoms with Crippen molar-refractivity contribution in [1.82, 2.24) is 14.3 Å². The number of carbonyl (C=O) groups excluding carboxylic acids is 1. The lowest BCUT2D eigenvalue weighted by Crippen LogP contribution is -2.38. The molecule has 1 aromatic carbocycles. The number of nitrogens with zero attached hydrogens (tertiary/aromatic N) is 3. The number of aromatic nitrogens is 2. The van der Waals surface area contributed by atoms with Crippen molar-refractivity contribution in [3.63, 3.8) is 0 Å². The summed E-state index contributed by atoms with van der Waals surface area (Å²) in [6.07, 6.45) is 4.76. The zero-order chi connectivity index (χ0) is 16.5. The molecule has 1 amide bonds. The Labute approximate surface area is 140 Å². The van der Waals surface area contributed by atoms with E-state index in [0.29, 0.717) is 12.3 Å². The first-order valence-electron chi connectivity index (χ1n) is 8.12. The van der Waals surface area contributed by atoms with Gasteiger partial charge in [-0.3, -0.25) is 4.79 Å². The van der Waals surface area contributed by atoms with Crippen molar-refractivity contribution in [2.45, 2.75) is 19.9 Å². The molecule has 0 unspecified atom stereocenters. The molecule has 122 valence electrons. The van der Waals surface area contributed by atoms with E-state index < -0.39 is 0 Å². The first kappa shape index (κ1) is 14.8. The third-order valence-electron chi connectivity index (χ3n) is 4.40. The van der Waals surface area contributed by atoms with Crippen LogP contribution in [0.15, 0.2) is 48.8 Å². The SMILES string of the molecule is Cc1cn2cccc(OCC(=O)N3CCc4ccccc4C3)c2n1. The van der Waals surface area contributed by atoms with Crippen LogP contribution >= 0.6 is 0 Å². The average molecular weight is 321 g/mol. The molecule has 24 heavy (non-hydrogen) atoms. The highest BCUT2D eigenvalue weighted by molar-refractivity contribution is 5.78. The van der Waals surface area contributed by atoms with Gasteiger partial charge in [-0.2, -0.15) is 0 Å². The topological polar surface area (TPSA) is 46.8 Å². The van der Waals surface area contributed by atoms with Crippen LogP contribution in [0.3, 0.4) is 0 Å². The van der Waals surface area contributed by atoms with Crippen LogP contribution in [0, 0.1) is 6.92 Å². The first-order valence-corrected chi connectivity index (χ1v) is 8.12. The van der Waals surface area contributed by atoms with E-state index in [2.05, 4.69) is 17.1 Å². The molecule has 0 fully saturated rings. The number of pyridine rings is 1. The van der Waals surface area contributed by atoms with Gasteiger partial charge in [-0.05, 0) is 36.6 Å². The maximum Gasteiger partial charge on any atom is 0.260 e. The second-order valence-electron chi connectivity index (χ2n) is 6.11. The quantitative estimate of drug-likeness (QED) is 0.745. The number of imidazole rings is 1. The highest BCUT2D eigenvalue weighted by Gasteiger charge is 2.21. The van der Waals surface area contributed by atoms with Gasteiger partial charge in [-0.15, -0.1) is 0 Å². The number of hydrogen-bond donors (Lipinski definition) is 0. The molecule has 0 N–H and O–H groups in total. The van der Waals surface area contributed by atoms with Gasteiger partial charge >= 0.3 is 0 Å². The predicted octanol–water partition coefficient (Wildman–Crippen LogP) is 2.61. The summed E-state index contributed by atoms with van der Waals surface area (Å²) >= 11 is 0. The van der Waals surface area contributed by atoms with Crippen molar-refractivity contribution >= 4 is 11.6 Å². The van der Waals surface area contributed by atoms with Gasteiger partial charge in [0.1, 0.15) is 0 Å².